The van der Waals surface area contributed by atoms with E-state index < -0.39 is 0 Å². The van der Waals surface area contributed by atoms with Crippen LogP contribution >= 0.6 is 0 Å². The largest absolute Gasteiger partial charge is 0.454 e. The number of furan rings is 1. The summed E-state index contributed by atoms with van der Waals surface area (Å²) in [4.78, 5) is 18.1. The van der Waals surface area contributed by atoms with Gasteiger partial charge in [-0.05, 0) is 61.1 Å². The van der Waals surface area contributed by atoms with Gasteiger partial charge in [0.15, 0.2) is 5.58 Å². The molecular formula is C29H26FN3O3. The van der Waals surface area contributed by atoms with E-state index in [1.165, 1.54) is 11.0 Å². The zero-order valence-electron chi connectivity index (χ0n) is 20.3. The first kappa shape index (κ1) is 23.7. The van der Waals surface area contributed by atoms with Gasteiger partial charge in [0, 0.05) is 61.8 Å². The average Bonchev–Trinajstić information content (AvgIpc) is 3.34. The number of hydrogen-bond donors (Lipinski definition) is 0. The number of ether oxygens (including phenoxy) is 1. The Morgan fingerprint density at radius 1 is 1.11 bits per heavy atom. The molecule has 0 aliphatic carbocycles. The Kier molecular flexibility index (Phi) is 6.53. The molecule has 0 unspecified atom stereocenters. The van der Waals surface area contributed by atoms with Crippen molar-refractivity contribution in [2.24, 2.45) is 5.92 Å². The van der Waals surface area contributed by atoms with E-state index in [2.05, 4.69) is 11.1 Å². The second-order valence-corrected chi connectivity index (χ2v) is 9.32. The fraction of sp³-hybridized carbons (Fsp3) is 0.276. The summed E-state index contributed by atoms with van der Waals surface area (Å²) in [6.07, 6.45) is 3.92. The number of pyridine rings is 1. The van der Waals surface area contributed by atoms with E-state index in [1.54, 1.807) is 44.6 Å². The lowest BCUT2D eigenvalue weighted by molar-refractivity contribution is 0.0663. The van der Waals surface area contributed by atoms with Crippen molar-refractivity contribution < 1.29 is 18.3 Å². The molecule has 0 radical (unpaired) electrons. The van der Waals surface area contributed by atoms with Crippen LogP contribution in [-0.4, -0.2) is 43.1 Å². The van der Waals surface area contributed by atoms with E-state index in [0.717, 1.165) is 18.4 Å². The fourth-order valence-electron chi connectivity index (χ4n) is 4.68. The molecule has 4 aromatic rings. The van der Waals surface area contributed by atoms with Crippen molar-refractivity contribution in [2.45, 2.75) is 19.3 Å². The number of carbonyl (C=O) groups excluding carboxylic acids is 1. The van der Waals surface area contributed by atoms with E-state index in [4.69, 9.17) is 9.15 Å². The number of nitriles is 1. The maximum atomic E-state index is 15.3. The first-order valence-corrected chi connectivity index (χ1v) is 12.0. The van der Waals surface area contributed by atoms with Gasteiger partial charge in [-0.2, -0.15) is 5.26 Å². The minimum atomic E-state index is -0.381. The Morgan fingerprint density at radius 2 is 1.86 bits per heavy atom. The minimum absolute atomic E-state index is 0.0781. The molecular weight excluding hydrogens is 457 g/mol. The van der Waals surface area contributed by atoms with Gasteiger partial charge in [0.1, 0.15) is 17.1 Å². The number of benzene rings is 2. The third-order valence-corrected chi connectivity index (χ3v) is 6.70. The number of rotatable bonds is 5. The monoisotopic (exact) mass is 483 g/mol. The highest BCUT2D eigenvalue weighted by Gasteiger charge is 2.21. The fourth-order valence-corrected chi connectivity index (χ4v) is 4.68. The van der Waals surface area contributed by atoms with Crippen molar-refractivity contribution in [2.75, 3.05) is 27.3 Å². The normalized spacial score (nSPS) is 14.1. The Labute approximate surface area is 208 Å². The average molecular weight is 484 g/mol. The number of carbonyl (C=O) groups is 1. The van der Waals surface area contributed by atoms with E-state index in [0.29, 0.717) is 70.2 Å². The van der Waals surface area contributed by atoms with Gasteiger partial charge < -0.3 is 14.1 Å². The van der Waals surface area contributed by atoms with Crippen molar-refractivity contribution in [1.82, 2.24) is 9.88 Å². The summed E-state index contributed by atoms with van der Waals surface area (Å²) in [5.41, 5.74) is 4.56. The smallest absolute Gasteiger partial charge is 0.253 e. The quantitative estimate of drug-likeness (QED) is 0.356. The summed E-state index contributed by atoms with van der Waals surface area (Å²) in [7, 11) is 3.42. The number of fused-ring (bicyclic) bond motifs is 1. The minimum Gasteiger partial charge on any atom is -0.454 e. The van der Waals surface area contributed by atoms with Crippen LogP contribution in [0.2, 0.25) is 0 Å². The molecule has 1 aliphatic heterocycles. The SMILES string of the molecule is CN(C)C(=O)c1ccc(-c2cc3nccc(-c4cc(F)c(CC5CCOCC5)c(C#N)c4)c3o2)cc1. The molecule has 1 aliphatic rings. The first-order valence-electron chi connectivity index (χ1n) is 12.0. The van der Waals surface area contributed by atoms with Gasteiger partial charge in [0.05, 0.1) is 11.6 Å². The van der Waals surface area contributed by atoms with Gasteiger partial charge in [0.25, 0.3) is 5.91 Å². The summed E-state index contributed by atoms with van der Waals surface area (Å²) in [5.74, 6) is 0.441. The zero-order chi connectivity index (χ0) is 25.2. The molecule has 0 atom stereocenters. The molecule has 3 heterocycles. The second kappa shape index (κ2) is 9.92. The molecule has 1 amide bonds. The van der Waals surface area contributed by atoms with Crippen LogP contribution < -0.4 is 0 Å². The van der Waals surface area contributed by atoms with Crippen LogP contribution in [0.1, 0.15) is 34.3 Å². The zero-order valence-corrected chi connectivity index (χ0v) is 20.3. The Balaban J connectivity index is 1.50. The van der Waals surface area contributed by atoms with Gasteiger partial charge in [0.2, 0.25) is 0 Å². The highest BCUT2D eigenvalue weighted by atomic mass is 19.1. The lowest BCUT2D eigenvalue weighted by atomic mass is 9.88. The number of hydrogen-bond acceptors (Lipinski definition) is 5. The summed E-state index contributed by atoms with van der Waals surface area (Å²) in [6.45, 7) is 1.35. The molecule has 2 aromatic carbocycles. The second-order valence-electron chi connectivity index (χ2n) is 9.32. The van der Waals surface area contributed by atoms with Crippen LogP contribution in [0.15, 0.2) is 59.1 Å². The Hall–Kier alpha value is -4.02. The standard InChI is InChI=1S/C29H26FN3O3/c1-33(2)29(34)20-5-3-19(4-6-20)27-16-26-28(36-27)23(7-10-32-26)21-14-22(17-31)24(25(30)15-21)13-18-8-11-35-12-9-18/h3-7,10,14-16,18H,8-9,11-13H2,1-2H3. The third kappa shape index (κ3) is 4.60. The molecule has 0 spiro atoms. The molecule has 5 rings (SSSR count). The molecule has 2 aromatic heterocycles. The van der Waals surface area contributed by atoms with Crippen LogP contribution in [-0.2, 0) is 11.2 Å². The summed E-state index contributed by atoms with van der Waals surface area (Å²) in [5, 5.41) is 9.80. The van der Waals surface area contributed by atoms with Crippen LogP contribution in [0.5, 0.6) is 0 Å². The lowest BCUT2D eigenvalue weighted by Crippen LogP contribution is -2.21. The molecule has 1 saturated heterocycles. The Bertz CT molecular complexity index is 1460. The van der Waals surface area contributed by atoms with Gasteiger partial charge in [-0.3, -0.25) is 9.78 Å². The summed E-state index contributed by atoms with van der Waals surface area (Å²) in [6, 6.07) is 16.2. The van der Waals surface area contributed by atoms with Crippen molar-refractivity contribution in [1.29, 1.82) is 5.26 Å². The highest BCUT2D eigenvalue weighted by Crippen LogP contribution is 2.35. The topological polar surface area (TPSA) is 79.4 Å². The number of aromatic nitrogens is 1. The highest BCUT2D eigenvalue weighted by molar-refractivity contribution is 5.95. The number of amides is 1. The summed E-state index contributed by atoms with van der Waals surface area (Å²) < 4.78 is 26.9. The van der Waals surface area contributed by atoms with Crippen molar-refractivity contribution in [3.8, 4) is 28.5 Å². The first-order chi connectivity index (χ1) is 17.4. The maximum Gasteiger partial charge on any atom is 0.253 e. The van der Waals surface area contributed by atoms with Crippen LogP contribution in [0.25, 0.3) is 33.6 Å². The molecule has 0 N–H and O–H groups in total. The summed E-state index contributed by atoms with van der Waals surface area (Å²) >= 11 is 0. The third-order valence-electron chi connectivity index (χ3n) is 6.70. The molecule has 1 fully saturated rings. The van der Waals surface area contributed by atoms with Crippen LogP contribution in [0.4, 0.5) is 4.39 Å². The molecule has 36 heavy (non-hydrogen) atoms. The van der Waals surface area contributed by atoms with Gasteiger partial charge in [-0.1, -0.05) is 12.1 Å². The predicted octanol–water partition coefficient (Wildman–Crippen LogP) is 5.84. The molecule has 182 valence electrons. The van der Waals surface area contributed by atoms with Crippen molar-refractivity contribution in [3.63, 3.8) is 0 Å². The van der Waals surface area contributed by atoms with Crippen molar-refractivity contribution in [3.05, 3.63) is 77.2 Å². The maximum absolute atomic E-state index is 15.3. The molecule has 0 saturated carbocycles. The van der Waals surface area contributed by atoms with E-state index in [-0.39, 0.29) is 11.7 Å². The number of nitrogens with zero attached hydrogens (tertiary/aromatic N) is 3. The van der Waals surface area contributed by atoms with E-state index in [1.807, 2.05) is 18.2 Å². The molecule has 7 heteroatoms. The van der Waals surface area contributed by atoms with E-state index in [9.17, 15) is 10.1 Å². The van der Waals surface area contributed by atoms with Crippen LogP contribution in [0.3, 0.4) is 0 Å². The predicted molar refractivity (Wildman–Crippen MR) is 135 cm³/mol. The van der Waals surface area contributed by atoms with Gasteiger partial charge in [-0.15, -0.1) is 0 Å². The van der Waals surface area contributed by atoms with E-state index >= 15 is 4.39 Å². The van der Waals surface area contributed by atoms with Gasteiger partial charge in [-0.25, -0.2) is 4.39 Å². The van der Waals surface area contributed by atoms with Gasteiger partial charge >= 0.3 is 0 Å². The molecule has 6 nitrogen and oxygen atoms in total. The molecule has 0 bridgehead atoms. The van der Waals surface area contributed by atoms with Crippen LogP contribution in [0, 0.1) is 23.1 Å². The number of halogens is 1. The lowest BCUT2D eigenvalue weighted by Gasteiger charge is -2.22. The van der Waals surface area contributed by atoms with Crippen molar-refractivity contribution >= 4 is 17.0 Å². The Morgan fingerprint density at radius 3 is 2.56 bits per heavy atom.